The zero-order valence-corrected chi connectivity index (χ0v) is 10.3. The lowest BCUT2D eigenvalue weighted by atomic mass is 10.00. The number of rotatable bonds is 7. The Labute approximate surface area is 93.3 Å². The lowest BCUT2D eigenvalue weighted by Gasteiger charge is -2.21. The normalized spacial score (nSPS) is 11.2. The molecule has 0 aromatic rings. The van der Waals surface area contributed by atoms with Gasteiger partial charge in [-0.2, -0.15) is 0 Å². The van der Waals surface area contributed by atoms with Crippen LogP contribution in [0.25, 0.3) is 0 Å². The van der Waals surface area contributed by atoms with Crippen molar-refractivity contribution in [1.29, 1.82) is 0 Å². The van der Waals surface area contributed by atoms with Crippen LogP contribution in [0.5, 0.6) is 0 Å². The van der Waals surface area contributed by atoms with Gasteiger partial charge < -0.3 is 10.6 Å². The molecule has 0 aromatic heterocycles. The van der Waals surface area contributed by atoms with Crippen molar-refractivity contribution in [3.05, 3.63) is 12.7 Å². The quantitative estimate of drug-likeness (QED) is 0.518. The Hall–Kier alpha value is -0.830. The lowest BCUT2D eigenvalue weighted by molar-refractivity contribution is -0.130. The van der Waals surface area contributed by atoms with E-state index in [2.05, 4.69) is 6.58 Å². The number of carbonyl (C=O) groups excluding carboxylic acids is 1. The summed E-state index contributed by atoms with van der Waals surface area (Å²) in [5.74, 6) is 0.178. The Bertz CT molecular complexity index is 206. The zero-order chi connectivity index (χ0) is 11.9. The minimum Gasteiger partial charge on any atom is -0.346 e. The Kier molecular flexibility index (Phi) is 6.25. The second-order valence-corrected chi connectivity index (χ2v) is 4.73. The molecule has 0 spiro atoms. The van der Waals surface area contributed by atoms with Gasteiger partial charge in [-0.1, -0.05) is 6.08 Å². The molecule has 0 rings (SSSR count). The van der Waals surface area contributed by atoms with Gasteiger partial charge in [0.05, 0.1) is 0 Å². The van der Waals surface area contributed by atoms with Gasteiger partial charge in [-0.3, -0.25) is 4.79 Å². The van der Waals surface area contributed by atoms with Gasteiger partial charge in [-0.25, -0.2) is 0 Å². The summed E-state index contributed by atoms with van der Waals surface area (Å²) >= 11 is 0. The average Bonchev–Trinajstić information content (AvgIpc) is 2.13. The van der Waals surface area contributed by atoms with Gasteiger partial charge in [-0.15, -0.1) is 6.58 Å². The Morgan fingerprint density at radius 2 is 2.13 bits per heavy atom. The highest BCUT2D eigenvalue weighted by atomic mass is 16.2. The van der Waals surface area contributed by atoms with Crippen LogP contribution in [0.15, 0.2) is 12.7 Å². The van der Waals surface area contributed by atoms with Crippen LogP contribution in [0.3, 0.4) is 0 Å². The molecular formula is C12H24N2O. The van der Waals surface area contributed by atoms with Crippen LogP contribution in [0.1, 0.15) is 39.5 Å². The molecule has 0 heterocycles. The van der Waals surface area contributed by atoms with E-state index in [-0.39, 0.29) is 11.4 Å². The molecule has 88 valence electrons. The van der Waals surface area contributed by atoms with Crippen LogP contribution in [0.2, 0.25) is 0 Å². The zero-order valence-electron chi connectivity index (χ0n) is 10.3. The molecule has 0 aromatic carbocycles. The van der Waals surface area contributed by atoms with Gasteiger partial charge >= 0.3 is 0 Å². The minimum atomic E-state index is -0.252. The van der Waals surface area contributed by atoms with Crippen LogP contribution in [-0.4, -0.2) is 29.9 Å². The van der Waals surface area contributed by atoms with E-state index in [0.717, 1.165) is 25.8 Å². The monoisotopic (exact) mass is 212 g/mol. The van der Waals surface area contributed by atoms with Gasteiger partial charge in [0, 0.05) is 25.6 Å². The van der Waals surface area contributed by atoms with Gasteiger partial charge in [0.15, 0.2) is 0 Å². The first-order valence-corrected chi connectivity index (χ1v) is 5.50. The molecule has 1 amide bonds. The largest absolute Gasteiger partial charge is 0.346 e. The van der Waals surface area contributed by atoms with Gasteiger partial charge in [0.1, 0.15) is 0 Å². The Morgan fingerprint density at radius 3 is 2.60 bits per heavy atom. The number of amides is 1. The van der Waals surface area contributed by atoms with E-state index in [1.54, 1.807) is 4.90 Å². The fourth-order valence-corrected chi connectivity index (χ4v) is 1.22. The van der Waals surface area contributed by atoms with Crippen LogP contribution in [0, 0.1) is 0 Å². The summed E-state index contributed by atoms with van der Waals surface area (Å²) in [6.07, 6.45) is 5.09. The maximum absolute atomic E-state index is 11.6. The summed E-state index contributed by atoms with van der Waals surface area (Å²) in [4.78, 5) is 13.4. The molecule has 0 saturated heterocycles. The smallest absolute Gasteiger partial charge is 0.222 e. The summed E-state index contributed by atoms with van der Waals surface area (Å²) in [6.45, 7) is 8.34. The number of hydrogen-bond acceptors (Lipinski definition) is 2. The van der Waals surface area contributed by atoms with E-state index >= 15 is 0 Å². The Morgan fingerprint density at radius 1 is 1.53 bits per heavy atom. The molecule has 0 atom stereocenters. The highest BCUT2D eigenvalue weighted by Crippen LogP contribution is 2.08. The molecule has 0 saturated carbocycles. The summed E-state index contributed by atoms with van der Waals surface area (Å²) in [5.41, 5.74) is 5.57. The molecule has 0 fully saturated rings. The van der Waals surface area contributed by atoms with E-state index in [1.807, 2.05) is 27.0 Å². The summed E-state index contributed by atoms with van der Waals surface area (Å²) in [7, 11) is 1.84. The topological polar surface area (TPSA) is 46.3 Å². The molecule has 3 heteroatoms. The highest BCUT2D eigenvalue weighted by Gasteiger charge is 2.15. The number of nitrogens with zero attached hydrogens (tertiary/aromatic N) is 1. The van der Waals surface area contributed by atoms with E-state index < -0.39 is 0 Å². The van der Waals surface area contributed by atoms with Crippen molar-refractivity contribution >= 4 is 5.91 Å². The van der Waals surface area contributed by atoms with Gasteiger partial charge in [-0.05, 0) is 33.1 Å². The predicted octanol–water partition coefficient (Wildman–Crippen LogP) is 1.93. The molecule has 0 radical (unpaired) electrons. The molecule has 0 unspecified atom stereocenters. The number of carbonyl (C=O) groups is 1. The Balaban J connectivity index is 3.74. The summed E-state index contributed by atoms with van der Waals surface area (Å²) < 4.78 is 0. The molecular weight excluding hydrogens is 188 g/mol. The molecule has 0 aliphatic heterocycles. The second kappa shape index (κ2) is 6.62. The van der Waals surface area contributed by atoms with Gasteiger partial charge in [0.2, 0.25) is 5.91 Å². The first-order valence-electron chi connectivity index (χ1n) is 5.50. The molecule has 0 aliphatic rings. The fourth-order valence-electron chi connectivity index (χ4n) is 1.22. The van der Waals surface area contributed by atoms with Crippen molar-refractivity contribution in [3.63, 3.8) is 0 Å². The maximum atomic E-state index is 11.6. The van der Waals surface area contributed by atoms with E-state index in [1.165, 1.54) is 0 Å². The fraction of sp³-hybridized carbons (Fsp3) is 0.750. The first kappa shape index (κ1) is 14.2. The second-order valence-electron chi connectivity index (χ2n) is 4.73. The van der Waals surface area contributed by atoms with E-state index in [4.69, 9.17) is 5.73 Å². The predicted molar refractivity (Wildman–Crippen MR) is 64.6 cm³/mol. The third-order valence-electron chi connectivity index (χ3n) is 2.31. The molecule has 15 heavy (non-hydrogen) atoms. The van der Waals surface area contributed by atoms with Crippen molar-refractivity contribution in [1.82, 2.24) is 4.90 Å². The number of nitrogens with two attached hydrogens (primary N) is 1. The van der Waals surface area contributed by atoms with Crippen molar-refractivity contribution in [2.45, 2.75) is 45.1 Å². The average molecular weight is 212 g/mol. The van der Waals surface area contributed by atoms with Crippen molar-refractivity contribution in [2.24, 2.45) is 5.73 Å². The number of unbranched alkanes of at least 4 members (excludes halogenated alkanes) is 1. The molecule has 2 N–H and O–H groups in total. The van der Waals surface area contributed by atoms with Crippen molar-refractivity contribution < 1.29 is 4.79 Å². The number of allylic oxidation sites excluding steroid dienone is 1. The maximum Gasteiger partial charge on any atom is 0.222 e. The number of hydrogen-bond donors (Lipinski definition) is 1. The molecule has 0 bridgehead atoms. The standard InChI is InChI=1S/C12H24N2O/c1-5-6-7-10-14(4)11(15)8-9-12(2,3)13/h5H,1,6-10,13H2,2-4H3. The van der Waals surface area contributed by atoms with Crippen LogP contribution < -0.4 is 5.73 Å². The van der Waals surface area contributed by atoms with E-state index in [0.29, 0.717) is 6.42 Å². The summed E-state index contributed by atoms with van der Waals surface area (Å²) in [6, 6.07) is 0. The van der Waals surface area contributed by atoms with Crippen LogP contribution in [-0.2, 0) is 4.79 Å². The van der Waals surface area contributed by atoms with E-state index in [9.17, 15) is 4.79 Å². The van der Waals surface area contributed by atoms with Crippen LogP contribution in [0.4, 0.5) is 0 Å². The molecule has 3 nitrogen and oxygen atoms in total. The SMILES string of the molecule is C=CCCCN(C)C(=O)CCC(C)(C)N. The lowest BCUT2D eigenvalue weighted by Crippen LogP contribution is -2.35. The highest BCUT2D eigenvalue weighted by molar-refractivity contribution is 5.75. The van der Waals surface area contributed by atoms with Gasteiger partial charge in [0.25, 0.3) is 0 Å². The first-order chi connectivity index (χ1) is 6.87. The minimum absolute atomic E-state index is 0.178. The third kappa shape index (κ3) is 8.18. The summed E-state index contributed by atoms with van der Waals surface area (Å²) in [5, 5.41) is 0. The molecule has 0 aliphatic carbocycles. The van der Waals surface area contributed by atoms with Crippen LogP contribution >= 0.6 is 0 Å². The van der Waals surface area contributed by atoms with Crippen molar-refractivity contribution in [3.8, 4) is 0 Å². The van der Waals surface area contributed by atoms with Crippen molar-refractivity contribution in [2.75, 3.05) is 13.6 Å². The third-order valence-corrected chi connectivity index (χ3v) is 2.31.